The predicted octanol–water partition coefficient (Wildman–Crippen LogP) is 4.11. The Morgan fingerprint density at radius 3 is 2.67 bits per heavy atom. The summed E-state index contributed by atoms with van der Waals surface area (Å²) in [5.41, 5.74) is 1.47. The van der Waals surface area contributed by atoms with E-state index in [0.29, 0.717) is 42.5 Å². The highest BCUT2D eigenvalue weighted by Gasteiger charge is 2.44. The average molecular weight is 689 g/mol. The largest absolute Gasteiger partial charge is 0.497 e. The molecule has 2 aromatic carbocycles. The average Bonchev–Trinajstić information content (AvgIpc) is 3.62. The van der Waals surface area contributed by atoms with Crippen LogP contribution in [0.5, 0.6) is 11.5 Å². The molecule has 5 rings (SSSR count). The number of aliphatic hydroxyl groups is 2. The normalized spacial score (nSPS) is 26.4. The van der Waals surface area contributed by atoms with Crippen LogP contribution in [0.25, 0.3) is 0 Å². The van der Waals surface area contributed by atoms with Gasteiger partial charge in [-0.1, -0.05) is 30.7 Å². The van der Waals surface area contributed by atoms with Gasteiger partial charge in [0, 0.05) is 31.5 Å². The SMILES string of the molecule is COc1cccc(CCN(C(=O)CC2CC3CCC2C3)[C@@H]2CC(C(=O)NCCO)=C[C@H](Oc3ccccc3I)[C@H]2O)c1. The van der Waals surface area contributed by atoms with Crippen LogP contribution in [0.15, 0.2) is 60.2 Å². The summed E-state index contributed by atoms with van der Waals surface area (Å²) < 4.78 is 12.6. The van der Waals surface area contributed by atoms with Gasteiger partial charge in [0.1, 0.15) is 23.7 Å². The third-order valence-electron chi connectivity index (χ3n) is 9.13. The zero-order chi connectivity index (χ0) is 29.6. The Balaban J connectivity index is 1.42. The fourth-order valence-corrected chi connectivity index (χ4v) is 7.50. The lowest BCUT2D eigenvalue weighted by Gasteiger charge is -2.41. The molecule has 6 atom stereocenters. The highest BCUT2D eigenvalue weighted by atomic mass is 127. The van der Waals surface area contributed by atoms with Crippen molar-refractivity contribution < 1.29 is 29.3 Å². The third kappa shape index (κ3) is 7.29. The number of hydrogen-bond donors (Lipinski definition) is 3. The summed E-state index contributed by atoms with van der Waals surface area (Å²) in [5, 5.41) is 23.8. The molecule has 2 aromatic rings. The first kappa shape index (κ1) is 30.8. The number of hydrogen-bond acceptors (Lipinski definition) is 6. The van der Waals surface area contributed by atoms with E-state index in [0.717, 1.165) is 27.2 Å². The Morgan fingerprint density at radius 2 is 1.95 bits per heavy atom. The van der Waals surface area contributed by atoms with Crippen LogP contribution >= 0.6 is 22.6 Å². The lowest BCUT2D eigenvalue weighted by molar-refractivity contribution is -0.140. The molecule has 3 aliphatic rings. The number of rotatable bonds is 12. The molecule has 0 aromatic heterocycles. The second-order valence-corrected chi connectivity index (χ2v) is 12.9. The van der Waals surface area contributed by atoms with E-state index in [1.165, 1.54) is 19.3 Å². The number of halogens is 1. The van der Waals surface area contributed by atoms with Gasteiger partial charge in [-0.15, -0.1) is 0 Å². The summed E-state index contributed by atoms with van der Waals surface area (Å²) in [6.07, 6.45) is 5.82. The van der Waals surface area contributed by atoms with E-state index in [9.17, 15) is 19.8 Å². The molecule has 2 saturated carbocycles. The van der Waals surface area contributed by atoms with Gasteiger partial charge >= 0.3 is 0 Å². The van der Waals surface area contributed by atoms with Gasteiger partial charge in [0.15, 0.2) is 0 Å². The maximum Gasteiger partial charge on any atom is 0.247 e. The van der Waals surface area contributed by atoms with Crippen molar-refractivity contribution in [1.82, 2.24) is 10.2 Å². The standard InChI is InChI=1S/C33H41IN2O6/c1-41-26-6-4-5-21(17-26)11-13-36(31(38)20-24-16-22-9-10-23(24)15-22)28-18-25(33(40)35-12-14-37)19-30(32(28)39)42-29-8-3-2-7-27(29)34/h2-8,17,19,22-24,28,30,32,37,39H,9-16,18,20H2,1H3,(H,35,40)/t22?,23?,24?,28-,30+,32+/m1/s1. The third-order valence-corrected chi connectivity index (χ3v) is 10.0. The van der Waals surface area contributed by atoms with Crippen molar-refractivity contribution in [3.63, 3.8) is 0 Å². The molecule has 3 aliphatic carbocycles. The molecular formula is C33H41IN2O6. The number of para-hydroxylation sites is 1. The number of nitrogens with one attached hydrogen (secondary N) is 1. The first-order valence-electron chi connectivity index (χ1n) is 15.0. The number of carbonyl (C=O) groups is 2. The second-order valence-electron chi connectivity index (χ2n) is 11.8. The van der Waals surface area contributed by atoms with Gasteiger partial charge < -0.3 is 29.9 Å². The van der Waals surface area contributed by atoms with E-state index in [-0.39, 0.29) is 31.4 Å². The quantitative estimate of drug-likeness (QED) is 0.290. The van der Waals surface area contributed by atoms with E-state index in [4.69, 9.17) is 9.47 Å². The van der Waals surface area contributed by atoms with E-state index in [1.54, 1.807) is 18.1 Å². The molecule has 0 spiro atoms. The van der Waals surface area contributed by atoms with Crippen molar-refractivity contribution in [1.29, 1.82) is 0 Å². The van der Waals surface area contributed by atoms with Crippen LogP contribution in [-0.2, 0) is 16.0 Å². The Bertz CT molecular complexity index is 1280. The minimum absolute atomic E-state index is 0.0181. The number of fused-ring (bicyclic) bond motifs is 2. The Hall–Kier alpha value is -2.63. The Kier molecular flexibility index (Phi) is 10.4. The molecule has 42 heavy (non-hydrogen) atoms. The molecule has 0 heterocycles. The van der Waals surface area contributed by atoms with Crippen molar-refractivity contribution in [2.45, 2.75) is 63.2 Å². The number of nitrogens with zero attached hydrogens (tertiary/aromatic N) is 1. The van der Waals surface area contributed by atoms with Gasteiger partial charge in [-0.25, -0.2) is 0 Å². The highest BCUT2D eigenvalue weighted by Crippen LogP contribution is 2.49. The van der Waals surface area contributed by atoms with Crippen molar-refractivity contribution >= 4 is 34.4 Å². The smallest absolute Gasteiger partial charge is 0.247 e. The topological polar surface area (TPSA) is 108 Å². The van der Waals surface area contributed by atoms with Crippen LogP contribution in [0.1, 0.15) is 44.1 Å². The van der Waals surface area contributed by atoms with Gasteiger partial charge in [0.2, 0.25) is 11.8 Å². The Labute approximate surface area is 261 Å². The molecule has 2 fully saturated rings. The minimum atomic E-state index is -1.04. The number of aliphatic hydroxyl groups excluding tert-OH is 2. The van der Waals surface area contributed by atoms with Gasteiger partial charge in [-0.3, -0.25) is 9.59 Å². The molecule has 3 N–H and O–H groups in total. The van der Waals surface area contributed by atoms with Crippen LogP contribution < -0.4 is 14.8 Å². The van der Waals surface area contributed by atoms with Gasteiger partial charge in [-0.2, -0.15) is 0 Å². The highest BCUT2D eigenvalue weighted by molar-refractivity contribution is 14.1. The molecule has 9 heteroatoms. The van der Waals surface area contributed by atoms with Crippen molar-refractivity contribution in [2.24, 2.45) is 17.8 Å². The lowest BCUT2D eigenvalue weighted by atomic mass is 9.84. The predicted molar refractivity (Wildman–Crippen MR) is 168 cm³/mol. The molecule has 226 valence electrons. The van der Waals surface area contributed by atoms with Crippen molar-refractivity contribution in [3.05, 3.63) is 69.3 Å². The van der Waals surface area contributed by atoms with Crippen LogP contribution in [0.4, 0.5) is 0 Å². The van der Waals surface area contributed by atoms with E-state index in [1.807, 2.05) is 48.5 Å². The van der Waals surface area contributed by atoms with Crippen LogP contribution in [0.2, 0.25) is 0 Å². The number of amides is 2. The molecule has 8 nitrogen and oxygen atoms in total. The molecule has 2 bridgehead atoms. The molecule has 2 amide bonds. The summed E-state index contributed by atoms with van der Waals surface area (Å²) in [5.74, 6) is 2.75. The first-order valence-corrected chi connectivity index (χ1v) is 16.1. The zero-order valence-electron chi connectivity index (χ0n) is 24.1. The van der Waals surface area contributed by atoms with Crippen molar-refractivity contribution in [2.75, 3.05) is 26.8 Å². The maximum atomic E-state index is 14.1. The fourth-order valence-electron chi connectivity index (χ4n) is 6.99. The van der Waals surface area contributed by atoms with Crippen molar-refractivity contribution in [3.8, 4) is 11.5 Å². The fraction of sp³-hybridized carbons (Fsp3) is 0.515. The Morgan fingerprint density at radius 1 is 1.12 bits per heavy atom. The van der Waals surface area contributed by atoms with Gasteiger partial charge in [-0.05, 0) is 102 Å². The number of carbonyl (C=O) groups excluding carboxylic acids is 2. The minimum Gasteiger partial charge on any atom is -0.497 e. The first-order chi connectivity index (χ1) is 20.4. The molecule has 0 aliphatic heterocycles. The summed E-state index contributed by atoms with van der Waals surface area (Å²) in [4.78, 5) is 29.1. The molecule has 0 radical (unpaired) electrons. The number of ether oxygens (including phenoxy) is 2. The van der Waals surface area contributed by atoms with Gasteiger partial charge in [0.25, 0.3) is 0 Å². The molecule has 0 saturated heterocycles. The van der Waals surface area contributed by atoms with E-state index >= 15 is 0 Å². The number of benzene rings is 2. The second kappa shape index (κ2) is 14.2. The van der Waals surface area contributed by atoms with E-state index < -0.39 is 18.2 Å². The summed E-state index contributed by atoms with van der Waals surface area (Å²) in [7, 11) is 1.63. The van der Waals surface area contributed by atoms with Crippen LogP contribution in [-0.4, -0.2) is 72.0 Å². The number of methoxy groups -OCH3 is 1. The molecule has 3 unspecified atom stereocenters. The van der Waals surface area contributed by atoms with Gasteiger partial charge in [0.05, 0.1) is 23.3 Å². The summed E-state index contributed by atoms with van der Waals surface area (Å²) >= 11 is 2.18. The van der Waals surface area contributed by atoms with Crippen LogP contribution in [0.3, 0.4) is 0 Å². The lowest BCUT2D eigenvalue weighted by Crippen LogP contribution is -2.55. The van der Waals surface area contributed by atoms with Crippen LogP contribution in [0, 0.1) is 21.3 Å². The summed E-state index contributed by atoms with van der Waals surface area (Å²) in [6, 6.07) is 14.7. The summed E-state index contributed by atoms with van der Waals surface area (Å²) in [6.45, 7) is 0.339. The molecular weight excluding hydrogens is 647 g/mol. The monoisotopic (exact) mass is 688 g/mol. The maximum absolute atomic E-state index is 14.1. The zero-order valence-corrected chi connectivity index (χ0v) is 26.2. The van der Waals surface area contributed by atoms with E-state index in [2.05, 4.69) is 27.9 Å².